The van der Waals surface area contributed by atoms with Gasteiger partial charge in [0, 0.05) is 0 Å². The maximum absolute atomic E-state index is 13.3. The fraction of sp³-hybridized carbons (Fsp3) is 0.200. The molecule has 21 heavy (non-hydrogen) atoms. The second-order valence-electron chi connectivity index (χ2n) is 4.58. The lowest BCUT2D eigenvalue weighted by atomic mass is 10.0. The highest BCUT2D eigenvalue weighted by Gasteiger charge is 2.18. The molecule has 0 spiro atoms. The molecule has 0 fully saturated rings. The van der Waals surface area contributed by atoms with Crippen LogP contribution in [0.25, 0.3) is 0 Å². The number of nitrogens with one attached hydrogen (secondary N) is 1. The molecular weight excluding hydrogens is 278 g/mol. The number of rotatable bonds is 5. The molecule has 2 aromatic rings. The van der Waals surface area contributed by atoms with E-state index < -0.39 is 10.7 Å². The third-order valence-electron chi connectivity index (χ3n) is 3.15. The van der Waals surface area contributed by atoms with Gasteiger partial charge in [-0.3, -0.25) is 10.1 Å². The third kappa shape index (κ3) is 3.53. The molecule has 6 heteroatoms. The highest BCUT2D eigenvalue weighted by molar-refractivity contribution is 5.62. The normalized spacial score (nSPS) is 12.0. The van der Waals surface area contributed by atoms with Gasteiger partial charge >= 0.3 is 0 Å². The Morgan fingerprint density at radius 3 is 2.52 bits per heavy atom. The minimum atomic E-state index is -0.675. The Labute approximate surface area is 120 Å². The van der Waals surface area contributed by atoms with Crippen molar-refractivity contribution in [3.8, 4) is 0 Å². The summed E-state index contributed by atoms with van der Waals surface area (Å²) in [4.78, 5) is 10.3. The van der Waals surface area contributed by atoms with Crippen LogP contribution < -0.4 is 5.32 Å². The molecule has 0 aliphatic heterocycles. The molecular formula is C15H14F2N2O2. The lowest BCUT2D eigenvalue weighted by molar-refractivity contribution is -0.384. The van der Waals surface area contributed by atoms with E-state index in [1.165, 1.54) is 18.2 Å². The number of nitrogens with zero attached hydrogens (tertiary/aromatic N) is 1. The first-order valence-corrected chi connectivity index (χ1v) is 6.47. The van der Waals surface area contributed by atoms with Gasteiger partial charge in [0.1, 0.15) is 17.3 Å². The SMILES string of the molecule is CCC(Nc1ccc(F)cc1[N+](=O)[O-])c1cccc(F)c1. The van der Waals surface area contributed by atoms with Crippen molar-refractivity contribution in [2.75, 3.05) is 5.32 Å². The smallest absolute Gasteiger partial charge is 0.295 e. The van der Waals surface area contributed by atoms with Crippen molar-refractivity contribution >= 4 is 11.4 Å². The fourth-order valence-electron chi connectivity index (χ4n) is 2.11. The summed E-state index contributed by atoms with van der Waals surface area (Å²) in [6, 6.07) is 9.04. The minimum Gasteiger partial charge on any atom is -0.373 e. The van der Waals surface area contributed by atoms with Crippen molar-refractivity contribution in [3.63, 3.8) is 0 Å². The number of hydrogen-bond acceptors (Lipinski definition) is 3. The molecule has 0 saturated carbocycles. The van der Waals surface area contributed by atoms with Crippen LogP contribution in [0.15, 0.2) is 42.5 Å². The summed E-state index contributed by atoms with van der Waals surface area (Å²) in [5.41, 5.74) is 0.540. The van der Waals surface area contributed by atoms with Gasteiger partial charge in [0.2, 0.25) is 0 Å². The van der Waals surface area contributed by atoms with Crippen LogP contribution in [0.3, 0.4) is 0 Å². The van der Waals surface area contributed by atoms with Gasteiger partial charge in [-0.2, -0.15) is 0 Å². The molecule has 0 heterocycles. The highest BCUT2D eigenvalue weighted by atomic mass is 19.1. The number of hydrogen-bond donors (Lipinski definition) is 1. The Morgan fingerprint density at radius 1 is 1.19 bits per heavy atom. The molecule has 0 saturated heterocycles. The Morgan fingerprint density at radius 2 is 1.90 bits per heavy atom. The number of nitro groups is 1. The zero-order valence-corrected chi connectivity index (χ0v) is 11.3. The largest absolute Gasteiger partial charge is 0.373 e. The first kappa shape index (κ1) is 14.9. The van der Waals surface area contributed by atoms with E-state index in [1.54, 1.807) is 12.1 Å². The van der Waals surface area contributed by atoms with Gasteiger partial charge < -0.3 is 5.32 Å². The monoisotopic (exact) mass is 292 g/mol. The lowest BCUT2D eigenvalue weighted by Gasteiger charge is -2.18. The predicted octanol–water partition coefficient (Wildman–Crippen LogP) is 4.44. The Balaban J connectivity index is 2.33. The van der Waals surface area contributed by atoms with Crippen molar-refractivity contribution in [1.82, 2.24) is 0 Å². The van der Waals surface area contributed by atoms with E-state index in [2.05, 4.69) is 5.32 Å². The zero-order valence-electron chi connectivity index (χ0n) is 11.3. The lowest BCUT2D eigenvalue weighted by Crippen LogP contribution is -2.11. The predicted molar refractivity (Wildman–Crippen MR) is 76.1 cm³/mol. The van der Waals surface area contributed by atoms with Crippen LogP contribution in [0.2, 0.25) is 0 Å². The summed E-state index contributed by atoms with van der Waals surface area (Å²) in [7, 11) is 0. The number of benzene rings is 2. The molecule has 1 N–H and O–H groups in total. The third-order valence-corrected chi connectivity index (χ3v) is 3.15. The molecule has 2 aromatic carbocycles. The quantitative estimate of drug-likeness (QED) is 0.655. The second kappa shape index (κ2) is 6.30. The van der Waals surface area contributed by atoms with Crippen LogP contribution in [0, 0.1) is 21.7 Å². The van der Waals surface area contributed by atoms with Crippen LogP contribution in [-0.4, -0.2) is 4.92 Å². The van der Waals surface area contributed by atoms with E-state index in [9.17, 15) is 18.9 Å². The van der Waals surface area contributed by atoms with Crippen molar-refractivity contribution in [2.24, 2.45) is 0 Å². The van der Waals surface area contributed by atoms with Crippen molar-refractivity contribution in [1.29, 1.82) is 0 Å². The van der Waals surface area contributed by atoms with Gasteiger partial charge in [0.05, 0.1) is 17.0 Å². The molecule has 2 rings (SSSR count). The second-order valence-corrected chi connectivity index (χ2v) is 4.58. The van der Waals surface area contributed by atoms with E-state index in [-0.39, 0.29) is 23.2 Å². The topological polar surface area (TPSA) is 55.2 Å². The molecule has 1 atom stereocenters. The summed E-state index contributed by atoms with van der Waals surface area (Å²) < 4.78 is 26.4. The van der Waals surface area contributed by atoms with Gasteiger partial charge in [-0.25, -0.2) is 8.78 Å². The van der Waals surface area contributed by atoms with Crippen molar-refractivity contribution in [2.45, 2.75) is 19.4 Å². The number of nitro benzene ring substituents is 1. The van der Waals surface area contributed by atoms with Crippen LogP contribution in [0.5, 0.6) is 0 Å². The summed E-state index contributed by atoms with van der Waals surface area (Å²) >= 11 is 0. The molecule has 1 unspecified atom stereocenters. The van der Waals surface area contributed by atoms with E-state index in [4.69, 9.17) is 0 Å². The first-order valence-electron chi connectivity index (χ1n) is 6.47. The van der Waals surface area contributed by atoms with Crippen LogP contribution >= 0.6 is 0 Å². The summed E-state index contributed by atoms with van der Waals surface area (Å²) in [5.74, 6) is -1.05. The molecule has 0 amide bonds. The summed E-state index contributed by atoms with van der Waals surface area (Å²) in [6.07, 6.45) is 0.595. The Kier molecular flexibility index (Phi) is 4.47. The molecule has 0 aliphatic carbocycles. The molecule has 0 radical (unpaired) electrons. The number of anilines is 1. The van der Waals surface area contributed by atoms with E-state index in [0.717, 1.165) is 12.1 Å². The summed E-state index contributed by atoms with van der Waals surface area (Å²) in [5, 5.41) is 13.9. The average Bonchev–Trinajstić information content (AvgIpc) is 2.45. The highest BCUT2D eigenvalue weighted by Crippen LogP contribution is 2.30. The number of halogens is 2. The van der Waals surface area contributed by atoms with Crippen LogP contribution in [0.1, 0.15) is 24.9 Å². The molecule has 0 aliphatic rings. The van der Waals surface area contributed by atoms with Gasteiger partial charge in [0.25, 0.3) is 5.69 Å². The van der Waals surface area contributed by atoms with Crippen LogP contribution in [-0.2, 0) is 0 Å². The first-order chi connectivity index (χ1) is 10.0. The standard InChI is InChI=1S/C15H14F2N2O2/c1-2-13(10-4-3-5-11(16)8-10)18-14-7-6-12(17)9-15(14)19(20)21/h3-9,13,18H,2H2,1H3. The van der Waals surface area contributed by atoms with Gasteiger partial charge in [-0.1, -0.05) is 19.1 Å². The average molecular weight is 292 g/mol. The molecule has 110 valence electrons. The van der Waals surface area contributed by atoms with Crippen LogP contribution in [0.4, 0.5) is 20.2 Å². The Bertz CT molecular complexity index is 662. The van der Waals surface area contributed by atoms with Gasteiger partial charge in [-0.05, 0) is 36.2 Å². The summed E-state index contributed by atoms with van der Waals surface area (Å²) in [6.45, 7) is 1.87. The maximum Gasteiger partial charge on any atom is 0.295 e. The maximum atomic E-state index is 13.3. The van der Waals surface area contributed by atoms with Gasteiger partial charge in [-0.15, -0.1) is 0 Å². The molecule has 4 nitrogen and oxygen atoms in total. The Hall–Kier alpha value is -2.50. The molecule has 0 aromatic heterocycles. The fourth-order valence-corrected chi connectivity index (χ4v) is 2.11. The van der Waals surface area contributed by atoms with Crippen molar-refractivity contribution < 1.29 is 13.7 Å². The van der Waals surface area contributed by atoms with E-state index >= 15 is 0 Å². The van der Waals surface area contributed by atoms with E-state index in [0.29, 0.717) is 12.0 Å². The van der Waals surface area contributed by atoms with E-state index in [1.807, 2.05) is 6.92 Å². The van der Waals surface area contributed by atoms with Crippen molar-refractivity contribution in [3.05, 3.63) is 69.8 Å². The zero-order chi connectivity index (χ0) is 15.4. The molecule has 0 bridgehead atoms. The van der Waals surface area contributed by atoms with Gasteiger partial charge in [0.15, 0.2) is 0 Å². The minimum absolute atomic E-state index is 0.206.